The van der Waals surface area contributed by atoms with E-state index in [1.54, 1.807) is 4.90 Å². The molecule has 2 amide bonds. The van der Waals surface area contributed by atoms with E-state index in [1.165, 1.54) is 17.7 Å². The molecule has 3 aromatic carbocycles. The first kappa shape index (κ1) is 29.9. The number of carbonyl (C=O) groups is 2. The van der Waals surface area contributed by atoms with E-state index < -0.39 is 6.04 Å². The molecule has 5 rings (SSSR count). The minimum absolute atomic E-state index is 0.0783. The second kappa shape index (κ2) is 14.1. The molecule has 7 heteroatoms. The predicted octanol–water partition coefficient (Wildman–Crippen LogP) is 5.24. The molecule has 3 aromatic rings. The summed E-state index contributed by atoms with van der Waals surface area (Å²) in [6, 6.07) is 24.4. The SMILES string of the molecule is Cc1ccc(C(=O)N2CCC(N(CCc3ccccc3)Cc3ccc(F)cc3)C[C@@H]2C(=O)NC2CCC(N)CC2)cc1. The van der Waals surface area contributed by atoms with Crippen molar-refractivity contribution in [2.45, 2.75) is 82.6 Å². The number of halogens is 1. The Balaban J connectivity index is 1.37. The van der Waals surface area contributed by atoms with Gasteiger partial charge in [-0.05, 0) is 87.3 Å². The van der Waals surface area contributed by atoms with Gasteiger partial charge in [0, 0.05) is 43.3 Å². The minimum Gasteiger partial charge on any atom is -0.352 e. The summed E-state index contributed by atoms with van der Waals surface area (Å²) in [5.41, 5.74) is 10.1. The molecule has 1 saturated carbocycles. The number of piperidine rings is 1. The zero-order valence-electron chi connectivity index (χ0n) is 24.6. The van der Waals surface area contributed by atoms with Crippen molar-refractivity contribution in [3.63, 3.8) is 0 Å². The van der Waals surface area contributed by atoms with Crippen LogP contribution in [0.2, 0.25) is 0 Å². The van der Waals surface area contributed by atoms with E-state index in [0.29, 0.717) is 25.1 Å². The zero-order chi connectivity index (χ0) is 29.5. The zero-order valence-corrected chi connectivity index (χ0v) is 24.6. The smallest absolute Gasteiger partial charge is 0.254 e. The van der Waals surface area contributed by atoms with Crippen molar-refractivity contribution in [2.24, 2.45) is 5.73 Å². The average Bonchev–Trinajstić information content (AvgIpc) is 3.01. The molecule has 1 heterocycles. The molecular formula is C35H43FN4O2. The minimum atomic E-state index is -0.569. The van der Waals surface area contributed by atoms with Crippen molar-refractivity contribution in [3.8, 4) is 0 Å². The number of likely N-dealkylation sites (tertiary alicyclic amines) is 1. The molecule has 2 aliphatic rings. The van der Waals surface area contributed by atoms with Gasteiger partial charge in [-0.15, -0.1) is 0 Å². The van der Waals surface area contributed by atoms with Gasteiger partial charge in [-0.1, -0.05) is 60.2 Å². The first-order valence-corrected chi connectivity index (χ1v) is 15.3. The lowest BCUT2D eigenvalue weighted by Gasteiger charge is -2.43. The highest BCUT2D eigenvalue weighted by atomic mass is 19.1. The van der Waals surface area contributed by atoms with Crippen LogP contribution in [0.25, 0.3) is 0 Å². The van der Waals surface area contributed by atoms with Crippen LogP contribution in [0.5, 0.6) is 0 Å². The number of rotatable bonds is 9. The number of nitrogens with two attached hydrogens (primary N) is 1. The summed E-state index contributed by atoms with van der Waals surface area (Å²) in [6.45, 7) is 3.94. The van der Waals surface area contributed by atoms with Crippen LogP contribution in [0, 0.1) is 12.7 Å². The molecule has 3 N–H and O–H groups in total. The molecule has 0 aromatic heterocycles. The maximum atomic E-state index is 13.9. The highest BCUT2D eigenvalue weighted by molar-refractivity contribution is 5.97. The number of carbonyl (C=O) groups excluding carboxylic acids is 2. The lowest BCUT2D eigenvalue weighted by atomic mass is 9.90. The Morgan fingerprint density at radius 1 is 0.905 bits per heavy atom. The van der Waals surface area contributed by atoms with E-state index >= 15 is 0 Å². The quantitative estimate of drug-likeness (QED) is 0.369. The normalized spacial score (nSPS) is 22.6. The third-order valence-electron chi connectivity index (χ3n) is 8.90. The largest absolute Gasteiger partial charge is 0.352 e. The molecule has 1 aliphatic carbocycles. The Kier molecular flexibility index (Phi) is 10.0. The molecule has 2 atom stereocenters. The van der Waals surface area contributed by atoms with Crippen LogP contribution in [-0.4, -0.2) is 58.9 Å². The molecule has 1 saturated heterocycles. The van der Waals surface area contributed by atoms with Crippen molar-refractivity contribution < 1.29 is 14.0 Å². The van der Waals surface area contributed by atoms with Gasteiger partial charge in [0.25, 0.3) is 5.91 Å². The number of hydrogen-bond donors (Lipinski definition) is 2. The molecule has 222 valence electrons. The summed E-state index contributed by atoms with van der Waals surface area (Å²) >= 11 is 0. The Morgan fingerprint density at radius 3 is 2.29 bits per heavy atom. The van der Waals surface area contributed by atoms with Crippen molar-refractivity contribution in [2.75, 3.05) is 13.1 Å². The van der Waals surface area contributed by atoms with Crippen LogP contribution in [0.3, 0.4) is 0 Å². The summed E-state index contributed by atoms with van der Waals surface area (Å²) in [7, 11) is 0. The van der Waals surface area contributed by atoms with Gasteiger partial charge in [-0.25, -0.2) is 4.39 Å². The van der Waals surface area contributed by atoms with E-state index in [4.69, 9.17) is 5.73 Å². The lowest BCUT2D eigenvalue weighted by molar-refractivity contribution is -0.128. The predicted molar refractivity (Wildman–Crippen MR) is 164 cm³/mol. The molecule has 0 spiro atoms. The Labute approximate surface area is 249 Å². The van der Waals surface area contributed by atoms with Gasteiger partial charge in [-0.2, -0.15) is 0 Å². The van der Waals surface area contributed by atoms with E-state index in [2.05, 4.69) is 22.3 Å². The summed E-state index contributed by atoms with van der Waals surface area (Å²) in [5.74, 6) is -0.433. The second-order valence-corrected chi connectivity index (χ2v) is 12.0. The second-order valence-electron chi connectivity index (χ2n) is 12.0. The molecule has 0 radical (unpaired) electrons. The monoisotopic (exact) mass is 570 g/mol. The number of aryl methyl sites for hydroxylation is 1. The van der Waals surface area contributed by atoms with Crippen molar-refractivity contribution in [3.05, 3.63) is 107 Å². The third kappa shape index (κ3) is 7.84. The van der Waals surface area contributed by atoms with Gasteiger partial charge in [-0.3, -0.25) is 14.5 Å². The Bertz CT molecular complexity index is 1310. The van der Waals surface area contributed by atoms with Crippen LogP contribution >= 0.6 is 0 Å². The average molecular weight is 571 g/mol. The third-order valence-corrected chi connectivity index (χ3v) is 8.90. The molecule has 1 aliphatic heterocycles. The highest BCUT2D eigenvalue weighted by Crippen LogP contribution is 2.27. The number of hydrogen-bond acceptors (Lipinski definition) is 4. The molecule has 42 heavy (non-hydrogen) atoms. The summed E-state index contributed by atoms with van der Waals surface area (Å²) in [5, 5.41) is 3.28. The number of benzene rings is 3. The van der Waals surface area contributed by atoms with Gasteiger partial charge in [0.05, 0.1) is 0 Å². The fraction of sp³-hybridized carbons (Fsp3) is 0.429. The van der Waals surface area contributed by atoms with Gasteiger partial charge in [0.15, 0.2) is 0 Å². The van der Waals surface area contributed by atoms with Crippen molar-refractivity contribution >= 4 is 11.8 Å². The van der Waals surface area contributed by atoms with Crippen LogP contribution < -0.4 is 11.1 Å². The van der Waals surface area contributed by atoms with Gasteiger partial charge < -0.3 is 16.0 Å². The first-order chi connectivity index (χ1) is 20.4. The van der Waals surface area contributed by atoms with Gasteiger partial charge in [0.1, 0.15) is 11.9 Å². The van der Waals surface area contributed by atoms with Crippen LogP contribution in [-0.2, 0) is 17.8 Å². The molecule has 6 nitrogen and oxygen atoms in total. The van der Waals surface area contributed by atoms with E-state index in [1.807, 2.05) is 61.5 Å². The number of nitrogens with zero attached hydrogens (tertiary/aromatic N) is 2. The maximum Gasteiger partial charge on any atom is 0.254 e. The number of nitrogens with one attached hydrogen (secondary N) is 1. The van der Waals surface area contributed by atoms with Crippen LogP contribution in [0.4, 0.5) is 4.39 Å². The summed E-state index contributed by atoms with van der Waals surface area (Å²) < 4.78 is 13.7. The maximum absolute atomic E-state index is 13.9. The van der Waals surface area contributed by atoms with Crippen LogP contribution in [0.1, 0.15) is 65.6 Å². The summed E-state index contributed by atoms with van der Waals surface area (Å²) in [6.07, 6.45) is 5.70. The van der Waals surface area contributed by atoms with Gasteiger partial charge >= 0.3 is 0 Å². The number of amides is 2. The standard InChI is InChI=1S/C35H43FN4O2/c1-25-7-11-28(12-8-25)35(42)40-22-20-32(23-33(40)34(41)38-31-17-15-30(37)16-18-31)39(21-19-26-5-3-2-4-6-26)24-27-9-13-29(36)14-10-27/h2-14,30-33H,15-24,37H2,1H3,(H,38,41)/t30?,31?,32?,33-/m1/s1. The highest BCUT2D eigenvalue weighted by Gasteiger charge is 2.39. The Hall–Kier alpha value is -3.55. The topological polar surface area (TPSA) is 78.7 Å². The fourth-order valence-corrected chi connectivity index (χ4v) is 6.33. The Morgan fingerprint density at radius 2 is 1.60 bits per heavy atom. The van der Waals surface area contributed by atoms with E-state index in [0.717, 1.165) is 56.2 Å². The van der Waals surface area contributed by atoms with Gasteiger partial charge in [0.2, 0.25) is 5.91 Å². The van der Waals surface area contributed by atoms with Crippen molar-refractivity contribution in [1.29, 1.82) is 0 Å². The molecule has 1 unspecified atom stereocenters. The lowest BCUT2D eigenvalue weighted by Crippen LogP contribution is -2.58. The molecule has 0 bridgehead atoms. The molecular weight excluding hydrogens is 527 g/mol. The van der Waals surface area contributed by atoms with E-state index in [9.17, 15) is 14.0 Å². The van der Waals surface area contributed by atoms with Crippen molar-refractivity contribution in [1.82, 2.24) is 15.1 Å². The van der Waals surface area contributed by atoms with Crippen LogP contribution in [0.15, 0.2) is 78.9 Å². The first-order valence-electron chi connectivity index (χ1n) is 15.3. The summed E-state index contributed by atoms with van der Waals surface area (Å²) in [4.78, 5) is 31.8. The molecule has 2 fully saturated rings. The fourth-order valence-electron chi connectivity index (χ4n) is 6.33. The van der Waals surface area contributed by atoms with E-state index in [-0.39, 0.29) is 35.8 Å².